The zero-order valence-electron chi connectivity index (χ0n) is 14.5. The summed E-state index contributed by atoms with van der Waals surface area (Å²) in [6, 6.07) is 11.5. The first-order valence-electron chi connectivity index (χ1n) is 8.12. The van der Waals surface area contributed by atoms with Crippen LogP contribution in [0.25, 0.3) is 10.9 Å². The molecule has 0 radical (unpaired) electrons. The highest BCUT2D eigenvalue weighted by Crippen LogP contribution is 2.35. The minimum atomic E-state index is -0.424. The Bertz CT molecular complexity index is 1100. The fraction of sp³-hybridized carbons (Fsp3) is 0.158. The van der Waals surface area contributed by atoms with Gasteiger partial charge in [0, 0.05) is 29.0 Å². The molecule has 0 saturated carbocycles. The van der Waals surface area contributed by atoms with Crippen molar-refractivity contribution in [1.29, 1.82) is 0 Å². The van der Waals surface area contributed by atoms with Crippen molar-refractivity contribution in [3.8, 4) is 0 Å². The average molecular weight is 402 g/mol. The molecule has 0 N–H and O–H groups in total. The van der Waals surface area contributed by atoms with Gasteiger partial charge in [-0.15, -0.1) is 6.58 Å². The van der Waals surface area contributed by atoms with E-state index in [1.165, 1.54) is 28.5 Å². The van der Waals surface area contributed by atoms with E-state index in [0.717, 1.165) is 5.56 Å². The Morgan fingerprint density at radius 3 is 2.85 bits per heavy atom. The molecule has 2 aromatic carbocycles. The van der Waals surface area contributed by atoms with Gasteiger partial charge in [0.15, 0.2) is 5.16 Å². The van der Waals surface area contributed by atoms with Gasteiger partial charge in [0.2, 0.25) is 0 Å². The largest absolute Gasteiger partial charge is 0.283 e. The van der Waals surface area contributed by atoms with Crippen LogP contribution in [0, 0.1) is 10.1 Å². The number of hydrogen-bond acceptors (Lipinski definition) is 5. The molecule has 1 heterocycles. The third kappa shape index (κ3) is 4.04. The van der Waals surface area contributed by atoms with Crippen LogP contribution in [-0.4, -0.2) is 14.5 Å². The second-order valence-corrected chi connectivity index (χ2v) is 7.62. The number of nitrogens with zero attached hydrogens (tertiary/aromatic N) is 3. The van der Waals surface area contributed by atoms with Crippen molar-refractivity contribution in [3.05, 3.63) is 86.2 Å². The van der Waals surface area contributed by atoms with Gasteiger partial charge in [0.05, 0.1) is 15.8 Å². The highest BCUT2D eigenvalue weighted by molar-refractivity contribution is 7.99. The summed E-state index contributed by atoms with van der Waals surface area (Å²) in [6.07, 6.45) is 1.63. The number of nitro groups is 1. The summed E-state index contributed by atoms with van der Waals surface area (Å²) in [4.78, 5) is 28.1. The number of fused-ring (bicyclic) bond motifs is 1. The van der Waals surface area contributed by atoms with Crippen LogP contribution in [0.4, 0.5) is 5.69 Å². The van der Waals surface area contributed by atoms with Crippen molar-refractivity contribution in [3.63, 3.8) is 0 Å². The van der Waals surface area contributed by atoms with E-state index in [4.69, 9.17) is 11.6 Å². The lowest BCUT2D eigenvalue weighted by Crippen LogP contribution is -2.23. The monoisotopic (exact) mass is 401 g/mol. The maximum Gasteiger partial charge on any atom is 0.269 e. The third-order valence-corrected chi connectivity index (χ3v) is 5.41. The van der Waals surface area contributed by atoms with Gasteiger partial charge in [-0.2, -0.15) is 0 Å². The zero-order valence-corrected chi connectivity index (χ0v) is 16.0. The maximum absolute atomic E-state index is 12.9. The van der Waals surface area contributed by atoms with Crippen LogP contribution in [0.1, 0.15) is 17.7 Å². The summed E-state index contributed by atoms with van der Waals surface area (Å²) in [7, 11) is 0. The van der Waals surface area contributed by atoms with E-state index in [9.17, 15) is 14.9 Å². The number of aromatic nitrogens is 2. The Labute approximate surface area is 164 Å². The number of allylic oxidation sites excluding steroid dienone is 1. The van der Waals surface area contributed by atoms with Crippen molar-refractivity contribution < 1.29 is 4.92 Å². The van der Waals surface area contributed by atoms with Gasteiger partial charge < -0.3 is 0 Å². The van der Waals surface area contributed by atoms with Gasteiger partial charge in [-0.1, -0.05) is 41.6 Å². The molecule has 0 saturated heterocycles. The van der Waals surface area contributed by atoms with Gasteiger partial charge in [0.1, 0.15) is 0 Å². The molecule has 0 amide bonds. The molecule has 27 heavy (non-hydrogen) atoms. The summed E-state index contributed by atoms with van der Waals surface area (Å²) in [5.41, 5.74) is 1.17. The van der Waals surface area contributed by atoms with Crippen LogP contribution in [0.15, 0.2) is 65.1 Å². The van der Waals surface area contributed by atoms with Gasteiger partial charge in [0.25, 0.3) is 11.2 Å². The van der Waals surface area contributed by atoms with Crippen LogP contribution in [0.2, 0.25) is 5.02 Å². The summed E-state index contributed by atoms with van der Waals surface area (Å²) < 4.78 is 1.53. The molecule has 1 atom stereocenters. The quantitative estimate of drug-likeness (QED) is 0.191. The minimum absolute atomic E-state index is 0.0320. The highest BCUT2D eigenvalue weighted by Gasteiger charge is 2.17. The van der Waals surface area contributed by atoms with Crippen molar-refractivity contribution in [2.75, 3.05) is 0 Å². The van der Waals surface area contributed by atoms with Crippen molar-refractivity contribution in [2.45, 2.75) is 23.9 Å². The van der Waals surface area contributed by atoms with Crippen molar-refractivity contribution >= 4 is 40.0 Å². The maximum atomic E-state index is 12.9. The Hall–Kier alpha value is -2.64. The number of non-ortho nitro benzene ring substituents is 1. The molecule has 0 fully saturated rings. The molecule has 8 heteroatoms. The van der Waals surface area contributed by atoms with Crippen LogP contribution >= 0.6 is 23.4 Å². The van der Waals surface area contributed by atoms with Crippen LogP contribution < -0.4 is 5.56 Å². The zero-order chi connectivity index (χ0) is 19.6. The highest BCUT2D eigenvalue weighted by atomic mass is 35.5. The molecule has 0 bridgehead atoms. The summed E-state index contributed by atoms with van der Waals surface area (Å²) in [5.74, 6) is 0. The fourth-order valence-electron chi connectivity index (χ4n) is 2.67. The Morgan fingerprint density at radius 2 is 2.15 bits per heavy atom. The van der Waals surface area contributed by atoms with E-state index in [-0.39, 0.29) is 16.5 Å². The fourth-order valence-corrected chi connectivity index (χ4v) is 3.88. The smallest absolute Gasteiger partial charge is 0.269 e. The molecule has 1 aromatic heterocycles. The molecule has 6 nitrogen and oxygen atoms in total. The van der Waals surface area contributed by atoms with Crippen LogP contribution in [-0.2, 0) is 6.54 Å². The molecule has 0 unspecified atom stereocenters. The average Bonchev–Trinajstić information content (AvgIpc) is 2.65. The first-order valence-corrected chi connectivity index (χ1v) is 9.38. The lowest BCUT2D eigenvalue weighted by atomic mass is 10.1. The van der Waals surface area contributed by atoms with Crippen LogP contribution in [0.3, 0.4) is 0 Å². The number of rotatable bonds is 6. The second kappa shape index (κ2) is 7.94. The minimum Gasteiger partial charge on any atom is -0.283 e. The summed E-state index contributed by atoms with van der Waals surface area (Å²) in [5, 5.41) is 12.3. The molecular weight excluding hydrogens is 386 g/mol. The first kappa shape index (κ1) is 19.1. The lowest BCUT2D eigenvalue weighted by Gasteiger charge is -2.15. The SMILES string of the molecule is C=CCn1c(S[C@@H](C)c2cccc([N+](=O)[O-])c2)nc2ccc(Cl)cc2c1=O. The van der Waals surface area contributed by atoms with Crippen molar-refractivity contribution in [2.24, 2.45) is 0 Å². The molecule has 0 aliphatic rings. The lowest BCUT2D eigenvalue weighted by molar-refractivity contribution is -0.384. The standard InChI is InChI=1S/C19H16ClN3O3S/c1-3-9-22-18(24)16-11-14(20)7-8-17(16)21-19(22)27-12(2)13-5-4-6-15(10-13)23(25)26/h3-8,10-12H,1,9H2,2H3/t12-/m0/s1. The Kier molecular flexibility index (Phi) is 5.62. The molecule has 3 rings (SSSR count). The van der Waals surface area contributed by atoms with E-state index < -0.39 is 4.92 Å². The Morgan fingerprint density at radius 1 is 1.37 bits per heavy atom. The third-order valence-electron chi connectivity index (χ3n) is 4.03. The number of benzene rings is 2. The van der Waals surface area contributed by atoms with Gasteiger partial charge >= 0.3 is 0 Å². The predicted octanol–water partition coefficient (Wildman–Crippen LogP) is 5.00. The van der Waals surface area contributed by atoms with Gasteiger partial charge in [-0.25, -0.2) is 4.98 Å². The summed E-state index contributed by atoms with van der Waals surface area (Å²) >= 11 is 7.37. The molecule has 0 aliphatic heterocycles. The Balaban J connectivity index is 2.05. The van der Waals surface area contributed by atoms with E-state index in [1.54, 1.807) is 30.3 Å². The van der Waals surface area contributed by atoms with E-state index in [1.807, 2.05) is 13.0 Å². The van der Waals surface area contributed by atoms with Crippen LogP contribution in [0.5, 0.6) is 0 Å². The van der Waals surface area contributed by atoms with E-state index in [0.29, 0.717) is 27.6 Å². The van der Waals surface area contributed by atoms with E-state index in [2.05, 4.69) is 11.6 Å². The topological polar surface area (TPSA) is 78.0 Å². The van der Waals surface area contributed by atoms with Gasteiger partial charge in [-0.05, 0) is 30.7 Å². The predicted molar refractivity (Wildman–Crippen MR) is 109 cm³/mol. The molecule has 0 aliphatic carbocycles. The molecule has 3 aromatic rings. The molecule has 138 valence electrons. The molecule has 0 spiro atoms. The first-order chi connectivity index (χ1) is 12.9. The van der Waals surface area contributed by atoms with Gasteiger partial charge in [-0.3, -0.25) is 19.5 Å². The number of thioether (sulfide) groups is 1. The second-order valence-electron chi connectivity index (χ2n) is 5.87. The normalized spacial score (nSPS) is 12.1. The van der Waals surface area contributed by atoms with E-state index >= 15 is 0 Å². The number of halogens is 1. The number of nitro benzene ring substituents is 1. The van der Waals surface area contributed by atoms with Crippen molar-refractivity contribution in [1.82, 2.24) is 9.55 Å². The number of hydrogen-bond donors (Lipinski definition) is 0. The molecular formula is C19H16ClN3O3S. The summed E-state index contributed by atoms with van der Waals surface area (Å²) in [6.45, 7) is 5.93.